The minimum atomic E-state index is 0.740. The molecule has 0 spiro atoms. The van der Waals surface area contributed by atoms with Crippen molar-refractivity contribution in [3.05, 3.63) is 146 Å². The van der Waals surface area contributed by atoms with Crippen molar-refractivity contribution in [3.63, 3.8) is 0 Å². The number of fused-ring (bicyclic) bond motifs is 2. The molecular weight excluding hydrogens is 508 g/mol. The second-order valence-corrected chi connectivity index (χ2v) is 11.0. The Bertz CT molecular complexity index is 2370. The normalized spacial score (nSPS) is 11.8. The lowest BCUT2D eigenvalue weighted by Gasteiger charge is -2.19. The van der Waals surface area contributed by atoms with Crippen molar-refractivity contribution in [2.75, 3.05) is 0 Å². The fourth-order valence-electron chi connectivity index (χ4n) is 6.85. The molecule has 8 aromatic carbocycles. The van der Waals surface area contributed by atoms with E-state index in [1.807, 2.05) is 30.6 Å². The predicted octanol–water partition coefficient (Wildman–Crippen LogP) is 10.7. The van der Waals surface area contributed by atoms with Crippen LogP contribution in [-0.4, -0.2) is 9.97 Å². The van der Waals surface area contributed by atoms with Crippen LogP contribution in [0.25, 0.3) is 87.5 Å². The zero-order valence-electron chi connectivity index (χ0n) is 22.8. The number of aromatic nitrogens is 2. The predicted molar refractivity (Wildman–Crippen MR) is 177 cm³/mol. The zero-order chi connectivity index (χ0) is 27.6. The topological polar surface area (TPSA) is 25.8 Å². The average Bonchev–Trinajstić information content (AvgIpc) is 3.07. The first-order valence-corrected chi connectivity index (χ1v) is 14.3. The third-order valence-electron chi connectivity index (χ3n) is 8.71. The zero-order valence-corrected chi connectivity index (χ0v) is 22.8. The van der Waals surface area contributed by atoms with Crippen LogP contribution in [0.15, 0.2) is 146 Å². The summed E-state index contributed by atoms with van der Waals surface area (Å²) in [6.07, 6.45) is 3.88. The van der Waals surface area contributed by atoms with E-state index in [9.17, 15) is 0 Å². The quantitative estimate of drug-likeness (QED) is 0.167. The van der Waals surface area contributed by atoms with Gasteiger partial charge in [-0.15, -0.1) is 0 Å². The molecule has 9 aromatic rings. The van der Waals surface area contributed by atoms with Gasteiger partial charge >= 0.3 is 0 Å². The highest BCUT2D eigenvalue weighted by Gasteiger charge is 2.20. The van der Waals surface area contributed by atoms with Crippen LogP contribution >= 0.6 is 0 Å². The van der Waals surface area contributed by atoms with E-state index in [1.165, 1.54) is 54.2 Å². The highest BCUT2D eigenvalue weighted by atomic mass is 14.9. The summed E-state index contributed by atoms with van der Waals surface area (Å²) >= 11 is 0. The van der Waals surface area contributed by atoms with Crippen LogP contribution in [-0.2, 0) is 0 Å². The Kier molecular flexibility index (Phi) is 4.93. The van der Waals surface area contributed by atoms with Crippen molar-refractivity contribution in [1.82, 2.24) is 9.97 Å². The van der Waals surface area contributed by atoms with Gasteiger partial charge in [-0.25, -0.2) is 9.97 Å². The van der Waals surface area contributed by atoms with Crippen molar-refractivity contribution in [2.24, 2.45) is 0 Å². The molecule has 0 N–H and O–H groups in total. The summed E-state index contributed by atoms with van der Waals surface area (Å²) in [4.78, 5) is 9.84. The van der Waals surface area contributed by atoms with E-state index in [0.29, 0.717) is 0 Å². The molecule has 194 valence electrons. The smallest absolute Gasteiger partial charge is 0.160 e. The van der Waals surface area contributed by atoms with Crippen molar-refractivity contribution < 1.29 is 0 Å². The van der Waals surface area contributed by atoms with Crippen LogP contribution in [0.3, 0.4) is 0 Å². The minimum Gasteiger partial charge on any atom is -0.236 e. The first-order valence-electron chi connectivity index (χ1n) is 14.3. The SMILES string of the molecule is c1ccc(-c2cnc(-c3c4ccccc4c(-c4ccc5ccc6cccc7ccc4c5c67)c4ccccc34)nc2)cc1. The molecule has 0 bridgehead atoms. The van der Waals surface area contributed by atoms with E-state index in [1.54, 1.807) is 0 Å². The maximum absolute atomic E-state index is 4.92. The molecule has 2 heteroatoms. The third kappa shape index (κ3) is 3.33. The van der Waals surface area contributed by atoms with Gasteiger partial charge in [0.2, 0.25) is 0 Å². The summed E-state index contributed by atoms with van der Waals surface area (Å²) in [5.74, 6) is 0.740. The largest absolute Gasteiger partial charge is 0.236 e. The van der Waals surface area contributed by atoms with Gasteiger partial charge in [-0.2, -0.15) is 0 Å². The van der Waals surface area contributed by atoms with E-state index >= 15 is 0 Å². The number of hydrogen-bond donors (Lipinski definition) is 0. The Morgan fingerprint density at radius 1 is 0.333 bits per heavy atom. The molecule has 0 saturated carbocycles. The van der Waals surface area contributed by atoms with Gasteiger partial charge in [0.15, 0.2) is 5.82 Å². The number of nitrogens with zero attached hydrogens (tertiary/aromatic N) is 2. The standard InChI is InChI=1S/C40H24N2/c1-2-9-25(10-3-1)29-23-41-40(42-24-29)39-32-15-6-4-13-30(32)38(31-14-5-7-16-33(31)39)35-22-20-28-18-17-26-11-8-12-27-19-21-34(35)37(28)36(26)27/h1-24H. The van der Waals surface area contributed by atoms with E-state index in [-0.39, 0.29) is 0 Å². The minimum absolute atomic E-state index is 0.740. The Hall–Kier alpha value is -5.60. The molecule has 9 rings (SSSR count). The van der Waals surface area contributed by atoms with E-state index in [0.717, 1.165) is 33.3 Å². The highest BCUT2D eigenvalue weighted by Crippen LogP contribution is 2.46. The molecule has 0 unspecified atom stereocenters. The summed E-state index contributed by atoms with van der Waals surface area (Å²) in [6.45, 7) is 0. The molecule has 0 aliphatic rings. The molecule has 1 aromatic heterocycles. The molecule has 0 saturated heterocycles. The third-order valence-corrected chi connectivity index (χ3v) is 8.71. The molecular formula is C40H24N2. The van der Waals surface area contributed by atoms with E-state index in [2.05, 4.69) is 115 Å². The molecule has 42 heavy (non-hydrogen) atoms. The summed E-state index contributed by atoms with van der Waals surface area (Å²) in [5, 5.41) is 12.5. The van der Waals surface area contributed by atoms with Crippen molar-refractivity contribution in [1.29, 1.82) is 0 Å². The second-order valence-electron chi connectivity index (χ2n) is 11.0. The average molecular weight is 533 g/mol. The summed E-state index contributed by atoms with van der Waals surface area (Å²) in [6, 6.07) is 48.0. The van der Waals surface area contributed by atoms with Gasteiger partial charge in [-0.05, 0) is 70.6 Å². The van der Waals surface area contributed by atoms with Crippen molar-refractivity contribution in [3.8, 4) is 33.6 Å². The number of hydrogen-bond acceptors (Lipinski definition) is 2. The summed E-state index contributed by atoms with van der Waals surface area (Å²) in [7, 11) is 0. The van der Waals surface area contributed by atoms with Crippen LogP contribution in [0.4, 0.5) is 0 Å². The van der Waals surface area contributed by atoms with Gasteiger partial charge in [-0.1, -0.05) is 133 Å². The van der Waals surface area contributed by atoms with Gasteiger partial charge < -0.3 is 0 Å². The Morgan fingerprint density at radius 3 is 1.50 bits per heavy atom. The monoisotopic (exact) mass is 532 g/mol. The molecule has 2 nitrogen and oxygen atoms in total. The Labute approximate surface area is 242 Å². The van der Waals surface area contributed by atoms with Crippen LogP contribution in [0.2, 0.25) is 0 Å². The molecule has 0 aliphatic carbocycles. The first kappa shape index (κ1) is 23.1. The summed E-state index contributed by atoms with van der Waals surface area (Å²) < 4.78 is 0. The lowest BCUT2D eigenvalue weighted by Crippen LogP contribution is -1.95. The summed E-state index contributed by atoms with van der Waals surface area (Å²) in [5.41, 5.74) is 5.70. The first-order chi connectivity index (χ1) is 20.8. The Morgan fingerprint density at radius 2 is 0.857 bits per heavy atom. The van der Waals surface area contributed by atoms with Gasteiger partial charge in [0.1, 0.15) is 0 Å². The second kappa shape index (κ2) is 8.95. The molecule has 0 radical (unpaired) electrons. The molecule has 0 atom stereocenters. The molecule has 1 heterocycles. The lowest BCUT2D eigenvalue weighted by molar-refractivity contribution is 1.19. The van der Waals surface area contributed by atoms with Gasteiger partial charge in [-0.3, -0.25) is 0 Å². The molecule has 0 aliphatic heterocycles. The lowest BCUT2D eigenvalue weighted by atomic mass is 9.84. The van der Waals surface area contributed by atoms with E-state index in [4.69, 9.17) is 9.97 Å². The maximum atomic E-state index is 4.92. The number of benzene rings is 8. The Balaban J connectivity index is 1.36. The molecule has 0 fully saturated rings. The van der Waals surface area contributed by atoms with Crippen molar-refractivity contribution in [2.45, 2.75) is 0 Å². The maximum Gasteiger partial charge on any atom is 0.160 e. The number of rotatable bonds is 3. The van der Waals surface area contributed by atoms with Crippen LogP contribution in [0.5, 0.6) is 0 Å². The van der Waals surface area contributed by atoms with Crippen LogP contribution < -0.4 is 0 Å². The molecule has 0 amide bonds. The van der Waals surface area contributed by atoms with Crippen LogP contribution in [0, 0.1) is 0 Å². The fourth-order valence-corrected chi connectivity index (χ4v) is 6.85. The van der Waals surface area contributed by atoms with Crippen molar-refractivity contribution >= 4 is 53.9 Å². The van der Waals surface area contributed by atoms with Gasteiger partial charge in [0, 0.05) is 23.5 Å². The van der Waals surface area contributed by atoms with Gasteiger partial charge in [0.25, 0.3) is 0 Å². The fraction of sp³-hybridized carbons (Fsp3) is 0. The van der Waals surface area contributed by atoms with E-state index < -0.39 is 0 Å². The van der Waals surface area contributed by atoms with Gasteiger partial charge in [0.05, 0.1) is 0 Å². The van der Waals surface area contributed by atoms with Crippen LogP contribution in [0.1, 0.15) is 0 Å². The highest BCUT2D eigenvalue weighted by molar-refractivity contribution is 6.29.